The number of carbonyl (C=O) groups is 1. The SMILES string of the molecule is COc1ccc(Cn2c(SCC(=O)Nc3ccccc3OC)nc3ccc(N4CCOCC4)cc3c2=O)cc1. The summed E-state index contributed by atoms with van der Waals surface area (Å²) < 4.78 is 17.7. The largest absolute Gasteiger partial charge is 0.497 e. The fourth-order valence-corrected chi connectivity index (χ4v) is 5.23. The van der Waals surface area contributed by atoms with Gasteiger partial charge in [-0.25, -0.2) is 4.98 Å². The Morgan fingerprint density at radius 2 is 1.79 bits per heavy atom. The Hall–Kier alpha value is -4.02. The van der Waals surface area contributed by atoms with Gasteiger partial charge in [-0.1, -0.05) is 36.0 Å². The van der Waals surface area contributed by atoms with Gasteiger partial charge in [-0.3, -0.25) is 14.2 Å². The summed E-state index contributed by atoms with van der Waals surface area (Å²) in [5.74, 6) is 1.16. The van der Waals surface area contributed by atoms with Crippen LogP contribution in [0.1, 0.15) is 5.56 Å². The first-order chi connectivity index (χ1) is 19.1. The van der Waals surface area contributed by atoms with Crippen molar-refractivity contribution in [3.05, 3.63) is 82.6 Å². The van der Waals surface area contributed by atoms with Crippen LogP contribution in [0.3, 0.4) is 0 Å². The Kier molecular flexibility index (Phi) is 8.33. The highest BCUT2D eigenvalue weighted by molar-refractivity contribution is 7.99. The van der Waals surface area contributed by atoms with E-state index in [2.05, 4.69) is 10.2 Å². The first kappa shape index (κ1) is 26.6. The zero-order chi connectivity index (χ0) is 27.2. The summed E-state index contributed by atoms with van der Waals surface area (Å²) in [5.41, 5.74) is 2.92. The van der Waals surface area contributed by atoms with Gasteiger partial charge in [0.1, 0.15) is 11.5 Å². The van der Waals surface area contributed by atoms with Crippen molar-refractivity contribution in [3.63, 3.8) is 0 Å². The van der Waals surface area contributed by atoms with Crippen LogP contribution in [0.2, 0.25) is 0 Å². The average molecular weight is 547 g/mol. The molecule has 0 saturated carbocycles. The zero-order valence-corrected chi connectivity index (χ0v) is 22.7. The second-order valence-corrected chi connectivity index (χ2v) is 9.91. The maximum atomic E-state index is 13.9. The predicted octanol–water partition coefficient (Wildman–Crippen LogP) is 4.03. The molecular formula is C29H30N4O5S. The topological polar surface area (TPSA) is 94.9 Å². The van der Waals surface area contributed by atoms with Crippen LogP contribution >= 0.6 is 11.8 Å². The number of morpholine rings is 1. The average Bonchev–Trinajstić information content (AvgIpc) is 2.98. The van der Waals surface area contributed by atoms with Crippen molar-refractivity contribution in [1.29, 1.82) is 0 Å². The van der Waals surface area contributed by atoms with Crippen LogP contribution in [0.25, 0.3) is 10.9 Å². The van der Waals surface area contributed by atoms with Gasteiger partial charge in [-0.2, -0.15) is 0 Å². The number of methoxy groups -OCH3 is 2. The molecule has 1 N–H and O–H groups in total. The van der Waals surface area contributed by atoms with Crippen molar-refractivity contribution in [3.8, 4) is 11.5 Å². The first-order valence-electron chi connectivity index (χ1n) is 12.6. The van der Waals surface area contributed by atoms with Crippen molar-refractivity contribution >= 4 is 39.9 Å². The van der Waals surface area contributed by atoms with Gasteiger partial charge in [-0.15, -0.1) is 0 Å². The van der Waals surface area contributed by atoms with E-state index in [0.717, 1.165) is 30.1 Å². The quantitative estimate of drug-likeness (QED) is 0.248. The van der Waals surface area contributed by atoms with Gasteiger partial charge < -0.3 is 24.4 Å². The third-order valence-electron chi connectivity index (χ3n) is 6.49. The van der Waals surface area contributed by atoms with Crippen molar-refractivity contribution in [2.45, 2.75) is 11.7 Å². The number of thioether (sulfide) groups is 1. The highest BCUT2D eigenvalue weighted by atomic mass is 32.2. The van der Waals surface area contributed by atoms with E-state index in [9.17, 15) is 9.59 Å². The number of fused-ring (bicyclic) bond motifs is 1. The van der Waals surface area contributed by atoms with Crippen LogP contribution in [0.15, 0.2) is 76.7 Å². The maximum Gasteiger partial charge on any atom is 0.262 e. The number of ether oxygens (including phenoxy) is 3. The fraction of sp³-hybridized carbons (Fsp3) is 0.276. The number of nitrogens with one attached hydrogen (secondary N) is 1. The number of nitrogens with zero attached hydrogens (tertiary/aromatic N) is 3. The second kappa shape index (κ2) is 12.2. The van der Waals surface area contributed by atoms with Crippen LogP contribution < -0.4 is 25.2 Å². The van der Waals surface area contributed by atoms with E-state index in [4.69, 9.17) is 19.2 Å². The standard InChI is InChI=1S/C29H30N4O5S/c1-36-22-10-7-20(8-11-22)18-33-28(35)23-17-21(32-13-15-38-16-14-32)9-12-24(23)31-29(33)39-19-27(34)30-25-5-3-4-6-26(25)37-2/h3-12,17H,13-16,18-19H2,1-2H3,(H,30,34). The third-order valence-corrected chi connectivity index (χ3v) is 7.47. The summed E-state index contributed by atoms with van der Waals surface area (Å²) >= 11 is 1.22. The van der Waals surface area contributed by atoms with E-state index in [1.54, 1.807) is 30.9 Å². The predicted molar refractivity (Wildman–Crippen MR) is 153 cm³/mol. The smallest absolute Gasteiger partial charge is 0.262 e. The second-order valence-electron chi connectivity index (χ2n) is 8.97. The maximum absolute atomic E-state index is 13.9. The lowest BCUT2D eigenvalue weighted by molar-refractivity contribution is -0.113. The molecule has 0 unspecified atom stereocenters. The number of rotatable bonds is 9. The molecule has 0 aliphatic carbocycles. The lowest BCUT2D eigenvalue weighted by Gasteiger charge is -2.29. The molecule has 3 aromatic carbocycles. The lowest BCUT2D eigenvalue weighted by Crippen LogP contribution is -2.36. The van der Waals surface area contributed by atoms with Gasteiger partial charge in [0.2, 0.25) is 5.91 Å². The van der Waals surface area contributed by atoms with E-state index in [1.165, 1.54) is 11.8 Å². The molecule has 0 radical (unpaired) electrons. The first-order valence-corrected chi connectivity index (χ1v) is 13.6. The molecule has 10 heteroatoms. The number of carbonyl (C=O) groups excluding carboxylic acids is 1. The van der Waals surface area contributed by atoms with E-state index in [1.807, 2.05) is 54.6 Å². The minimum absolute atomic E-state index is 0.0739. The Balaban J connectivity index is 1.46. The summed E-state index contributed by atoms with van der Waals surface area (Å²) in [4.78, 5) is 33.7. The normalized spacial score (nSPS) is 13.3. The monoisotopic (exact) mass is 546 g/mol. The molecule has 4 aromatic rings. The van der Waals surface area contributed by atoms with E-state index in [-0.39, 0.29) is 17.2 Å². The number of anilines is 2. The minimum atomic E-state index is -0.225. The molecule has 202 valence electrons. The molecule has 1 aromatic heterocycles. The van der Waals surface area contributed by atoms with Gasteiger partial charge in [0.05, 0.1) is 56.3 Å². The summed E-state index contributed by atoms with van der Waals surface area (Å²) in [6, 6.07) is 20.5. The van der Waals surface area contributed by atoms with Gasteiger partial charge >= 0.3 is 0 Å². The van der Waals surface area contributed by atoms with E-state index < -0.39 is 0 Å². The Bertz CT molecular complexity index is 1520. The van der Waals surface area contributed by atoms with Crippen molar-refractivity contribution in [1.82, 2.24) is 9.55 Å². The summed E-state index contributed by atoms with van der Waals surface area (Å²) in [7, 11) is 3.17. The minimum Gasteiger partial charge on any atom is -0.497 e. The van der Waals surface area contributed by atoms with E-state index in [0.29, 0.717) is 47.3 Å². The van der Waals surface area contributed by atoms with Crippen LogP contribution in [0, 0.1) is 0 Å². The highest BCUT2D eigenvalue weighted by Crippen LogP contribution is 2.26. The number of aromatic nitrogens is 2. The van der Waals surface area contributed by atoms with Crippen LogP contribution in [0.5, 0.6) is 11.5 Å². The number of amides is 1. The molecule has 0 spiro atoms. The zero-order valence-electron chi connectivity index (χ0n) is 21.9. The Morgan fingerprint density at radius 1 is 1.03 bits per heavy atom. The molecule has 1 amide bonds. The van der Waals surface area contributed by atoms with Gasteiger partial charge in [0.25, 0.3) is 5.56 Å². The number of hydrogen-bond donors (Lipinski definition) is 1. The molecule has 5 rings (SSSR count). The van der Waals surface area contributed by atoms with Crippen LogP contribution in [0.4, 0.5) is 11.4 Å². The van der Waals surface area contributed by atoms with Crippen LogP contribution in [-0.2, 0) is 16.1 Å². The molecular weight excluding hydrogens is 516 g/mol. The van der Waals surface area contributed by atoms with E-state index >= 15 is 0 Å². The fourth-order valence-electron chi connectivity index (χ4n) is 4.43. The van der Waals surface area contributed by atoms with Gasteiger partial charge in [0.15, 0.2) is 5.16 Å². The lowest BCUT2D eigenvalue weighted by atomic mass is 10.2. The molecule has 2 heterocycles. The molecule has 0 bridgehead atoms. The molecule has 9 nitrogen and oxygen atoms in total. The van der Waals surface area contributed by atoms with Crippen LogP contribution in [-0.4, -0.2) is 61.7 Å². The Morgan fingerprint density at radius 3 is 2.54 bits per heavy atom. The number of para-hydroxylation sites is 2. The summed E-state index contributed by atoms with van der Waals surface area (Å²) in [5, 5.41) is 3.89. The molecule has 1 fully saturated rings. The van der Waals surface area contributed by atoms with Crippen molar-refractivity contribution in [2.24, 2.45) is 0 Å². The number of hydrogen-bond acceptors (Lipinski definition) is 8. The number of benzene rings is 3. The summed E-state index contributed by atoms with van der Waals surface area (Å²) in [6.07, 6.45) is 0. The molecule has 0 atom stereocenters. The molecule has 1 aliphatic heterocycles. The van der Waals surface area contributed by atoms with Gasteiger partial charge in [0, 0.05) is 18.8 Å². The molecule has 39 heavy (non-hydrogen) atoms. The van der Waals surface area contributed by atoms with Gasteiger partial charge in [-0.05, 0) is 48.0 Å². The Labute approximate surface area is 230 Å². The molecule has 1 aliphatic rings. The van der Waals surface area contributed by atoms with Crippen molar-refractivity contribution < 1.29 is 19.0 Å². The van der Waals surface area contributed by atoms with Crippen molar-refractivity contribution in [2.75, 3.05) is 56.5 Å². The highest BCUT2D eigenvalue weighted by Gasteiger charge is 2.17. The third kappa shape index (κ3) is 6.18. The summed E-state index contributed by atoms with van der Waals surface area (Å²) in [6.45, 7) is 3.17. The molecule has 1 saturated heterocycles.